The Balaban J connectivity index is 2.06. The summed E-state index contributed by atoms with van der Waals surface area (Å²) in [7, 11) is 0.0954. The van der Waals surface area contributed by atoms with Crippen LogP contribution in [0.15, 0.2) is 42.0 Å². The second-order valence-corrected chi connectivity index (χ2v) is 6.43. The minimum atomic E-state index is 0.0954. The Labute approximate surface area is 87.8 Å². The van der Waals surface area contributed by atoms with Crippen LogP contribution in [0.5, 0.6) is 0 Å². The van der Waals surface area contributed by atoms with Crippen molar-refractivity contribution < 1.29 is 0 Å². The van der Waals surface area contributed by atoms with Crippen molar-refractivity contribution >= 4 is 13.2 Å². The minimum absolute atomic E-state index is 0.0954. The average molecular weight is 204 g/mol. The van der Waals surface area contributed by atoms with Crippen LogP contribution in [-0.2, 0) is 0 Å². The van der Waals surface area contributed by atoms with Crippen LogP contribution in [0.25, 0.3) is 0 Å². The highest BCUT2D eigenvalue weighted by Crippen LogP contribution is 2.43. The molecule has 0 bridgehead atoms. The molecule has 1 aliphatic heterocycles. The van der Waals surface area contributed by atoms with Crippen molar-refractivity contribution in [3.63, 3.8) is 0 Å². The summed E-state index contributed by atoms with van der Waals surface area (Å²) < 4.78 is 0. The monoisotopic (exact) mass is 204 g/mol. The van der Waals surface area contributed by atoms with Gasteiger partial charge < -0.3 is 0 Å². The van der Waals surface area contributed by atoms with E-state index < -0.39 is 0 Å². The smallest absolute Gasteiger partial charge is 0.00686 e. The first-order valence-electron chi connectivity index (χ1n) is 5.26. The topological polar surface area (TPSA) is 0 Å². The van der Waals surface area contributed by atoms with E-state index in [1.165, 1.54) is 12.3 Å². The summed E-state index contributed by atoms with van der Waals surface area (Å²) in [6, 6.07) is 11.0. The van der Waals surface area contributed by atoms with E-state index >= 15 is 0 Å². The maximum absolute atomic E-state index is 2.46. The molecule has 1 aliphatic rings. The maximum Gasteiger partial charge on any atom is -0.00686 e. The van der Waals surface area contributed by atoms with E-state index in [4.69, 9.17) is 0 Å². The van der Waals surface area contributed by atoms with Crippen LogP contribution in [0.1, 0.15) is 13.8 Å². The lowest BCUT2D eigenvalue weighted by Crippen LogP contribution is -2.03. The molecule has 74 valence electrons. The SMILES string of the molecule is CC(C)C1=CCP(c2ccccc2)C1. The summed E-state index contributed by atoms with van der Waals surface area (Å²) in [5.41, 5.74) is 1.67. The predicted molar refractivity (Wildman–Crippen MR) is 65.7 cm³/mol. The van der Waals surface area contributed by atoms with Gasteiger partial charge in [-0.2, -0.15) is 0 Å². The van der Waals surface area contributed by atoms with Crippen LogP contribution in [0, 0.1) is 5.92 Å². The molecule has 0 aromatic heterocycles. The molecule has 0 fully saturated rings. The van der Waals surface area contributed by atoms with Gasteiger partial charge in [0, 0.05) is 0 Å². The Morgan fingerprint density at radius 1 is 1.14 bits per heavy atom. The number of hydrogen-bond acceptors (Lipinski definition) is 0. The van der Waals surface area contributed by atoms with Crippen molar-refractivity contribution in [2.24, 2.45) is 5.92 Å². The van der Waals surface area contributed by atoms with Gasteiger partial charge in [-0.3, -0.25) is 0 Å². The molecule has 14 heavy (non-hydrogen) atoms. The van der Waals surface area contributed by atoms with Gasteiger partial charge in [0.25, 0.3) is 0 Å². The van der Waals surface area contributed by atoms with Crippen molar-refractivity contribution in [1.82, 2.24) is 0 Å². The van der Waals surface area contributed by atoms with Gasteiger partial charge in [-0.05, 0) is 23.5 Å². The van der Waals surface area contributed by atoms with E-state index in [0.717, 1.165) is 5.92 Å². The van der Waals surface area contributed by atoms with Crippen molar-refractivity contribution in [2.75, 3.05) is 12.3 Å². The van der Waals surface area contributed by atoms with E-state index in [2.05, 4.69) is 50.3 Å². The first kappa shape index (κ1) is 9.93. The van der Waals surface area contributed by atoms with Gasteiger partial charge in [-0.1, -0.05) is 63.8 Å². The van der Waals surface area contributed by atoms with Crippen LogP contribution in [0.4, 0.5) is 0 Å². The second kappa shape index (κ2) is 4.28. The largest absolute Gasteiger partial charge is 0.0801 e. The van der Waals surface area contributed by atoms with Gasteiger partial charge >= 0.3 is 0 Å². The first-order valence-corrected chi connectivity index (χ1v) is 6.97. The zero-order valence-electron chi connectivity index (χ0n) is 8.90. The Morgan fingerprint density at radius 2 is 1.86 bits per heavy atom. The fraction of sp³-hybridized carbons (Fsp3) is 0.385. The van der Waals surface area contributed by atoms with Crippen LogP contribution in [0.3, 0.4) is 0 Å². The summed E-state index contributed by atoms with van der Waals surface area (Å²) in [5, 5.41) is 1.56. The highest BCUT2D eigenvalue weighted by atomic mass is 31.1. The van der Waals surface area contributed by atoms with Crippen LogP contribution in [0.2, 0.25) is 0 Å². The Bertz CT molecular complexity index is 324. The molecule has 2 rings (SSSR count). The van der Waals surface area contributed by atoms with E-state index in [1.807, 2.05) is 0 Å². The number of hydrogen-bond donors (Lipinski definition) is 0. The normalized spacial score (nSPS) is 21.4. The molecule has 0 spiro atoms. The van der Waals surface area contributed by atoms with Crippen molar-refractivity contribution in [3.05, 3.63) is 42.0 Å². The van der Waals surface area contributed by atoms with E-state index in [-0.39, 0.29) is 7.92 Å². The summed E-state index contributed by atoms with van der Waals surface area (Å²) in [5.74, 6) is 0.742. The predicted octanol–water partition coefficient (Wildman–Crippen LogP) is 3.39. The van der Waals surface area contributed by atoms with Crippen molar-refractivity contribution in [1.29, 1.82) is 0 Å². The van der Waals surface area contributed by atoms with Gasteiger partial charge in [-0.25, -0.2) is 0 Å². The van der Waals surface area contributed by atoms with E-state index in [0.29, 0.717) is 0 Å². The number of allylic oxidation sites excluding steroid dienone is 2. The molecule has 0 aliphatic carbocycles. The Morgan fingerprint density at radius 3 is 2.43 bits per heavy atom. The molecule has 0 saturated heterocycles. The zero-order valence-corrected chi connectivity index (χ0v) is 9.80. The molecular weight excluding hydrogens is 187 g/mol. The lowest BCUT2D eigenvalue weighted by molar-refractivity contribution is 0.774. The molecule has 1 unspecified atom stereocenters. The summed E-state index contributed by atoms with van der Waals surface area (Å²) >= 11 is 0. The molecule has 1 aromatic carbocycles. The summed E-state index contributed by atoms with van der Waals surface area (Å²) in [6.07, 6.45) is 5.09. The summed E-state index contributed by atoms with van der Waals surface area (Å²) in [6.45, 7) is 4.60. The van der Waals surface area contributed by atoms with Gasteiger partial charge in [0.2, 0.25) is 0 Å². The van der Waals surface area contributed by atoms with Gasteiger partial charge in [-0.15, -0.1) is 0 Å². The molecule has 0 radical (unpaired) electrons. The minimum Gasteiger partial charge on any atom is -0.0801 e. The first-order chi connectivity index (χ1) is 6.77. The van der Waals surface area contributed by atoms with E-state index in [1.54, 1.807) is 10.9 Å². The maximum atomic E-state index is 2.46. The highest BCUT2D eigenvalue weighted by molar-refractivity contribution is 7.66. The third kappa shape index (κ3) is 2.07. The standard InChI is InChI=1S/C13H17P/c1-11(2)12-8-9-14(10-12)13-6-4-3-5-7-13/h3-8,11H,9-10H2,1-2H3. The Hall–Kier alpha value is -0.610. The van der Waals surface area contributed by atoms with Crippen molar-refractivity contribution in [3.8, 4) is 0 Å². The number of benzene rings is 1. The second-order valence-electron chi connectivity index (χ2n) is 4.15. The lowest BCUT2D eigenvalue weighted by Gasteiger charge is -2.12. The molecule has 1 aromatic rings. The number of rotatable bonds is 2. The molecule has 0 nitrogen and oxygen atoms in total. The fourth-order valence-corrected chi connectivity index (χ4v) is 4.34. The average Bonchev–Trinajstić information content (AvgIpc) is 2.68. The van der Waals surface area contributed by atoms with Gasteiger partial charge in [0.1, 0.15) is 0 Å². The molecule has 1 atom stereocenters. The molecule has 1 heteroatoms. The van der Waals surface area contributed by atoms with Crippen LogP contribution in [-0.4, -0.2) is 12.3 Å². The van der Waals surface area contributed by atoms with Crippen molar-refractivity contribution in [2.45, 2.75) is 13.8 Å². The van der Waals surface area contributed by atoms with Crippen LogP contribution >= 0.6 is 7.92 Å². The zero-order chi connectivity index (χ0) is 9.97. The molecule has 1 heterocycles. The molecular formula is C13H17P. The van der Waals surface area contributed by atoms with Gasteiger partial charge in [0.05, 0.1) is 0 Å². The van der Waals surface area contributed by atoms with E-state index in [9.17, 15) is 0 Å². The lowest BCUT2D eigenvalue weighted by atomic mass is 10.1. The third-order valence-electron chi connectivity index (χ3n) is 2.81. The summed E-state index contributed by atoms with van der Waals surface area (Å²) in [4.78, 5) is 0. The Kier molecular flexibility index (Phi) is 3.03. The van der Waals surface area contributed by atoms with Crippen LogP contribution < -0.4 is 5.30 Å². The van der Waals surface area contributed by atoms with Gasteiger partial charge in [0.15, 0.2) is 0 Å². The fourth-order valence-electron chi connectivity index (χ4n) is 1.83. The molecule has 0 saturated carbocycles. The highest BCUT2D eigenvalue weighted by Gasteiger charge is 2.19. The molecule has 0 N–H and O–H groups in total. The quantitative estimate of drug-likeness (QED) is 0.511. The third-order valence-corrected chi connectivity index (χ3v) is 5.21. The molecule has 0 amide bonds.